The van der Waals surface area contributed by atoms with E-state index in [0.29, 0.717) is 28.5 Å². The fraction of sp³-hybridized carbons (Fsp3) is 0.208. The Balaban J connectivity index is 1.88. The van der Waals surface area contributed by atoms with Gasteiger partial charge in [-0.2, -0.15) is 8.42 Å². The van der Waals surface area contributed by atoms with E-state index in [-0.39, 0.29) is 29.6 Å². The highest BCUT2D eigenvalue weighted by Gasteiger charge is 2.22. The molecule has 0 N–H and O–H groups in total. The van der Waals surface area contributed by atoms with E-state index in [2.05, 4.69) is 0 Å². The van der Waals surface area contributed by atoms with Crippen LogP contribution in [0.2, 0.25) is 5.02 Å². The van der Waals surface area contributed by atoms with Gasteiger partial charge in [0.2, 0.25) is 0 Å². The number of para-hydroxylation sites is 1. The van der Waals surface area contributed by atoms with Crippen molar-refractivity contribution in [3.05, 3.63) is 88.9 Å². The molecule has 7 nitrogen and oxygen atoms in total. The van der Waals surface area contributed by atoms with Crippen molar-refractivity contribution >= 4 is 27.6 Å². The molecule has 33 heavy (non-hydrogen) atoms. The standard InChI is InChI=1S/C24H24ClNO6S/c1-30-16-15-26(24(27)21-8-4-5-9-22(21)25)17-18-7-3-6-10-23(18)32-33(28,29)20-13-11-19(31-2)12-14-20/h3-14H,15-17H2,1-2H3. The van der Waals surface area contributed by atoms with Crippen molar-refractivity contribution in [1.82, 2.24) is 4.90 Å². The Morgan fingerprint density at radius 2 is 1.61 bits per heavy atom. The summed E-state index contributed by atoms with van der Waals surface area (Å²) in [6.07, 6.45) is 0. The lowest BCUT2D eigenvalue weighted by Gasteiger charge is -2.24. The van der Waals surface area contributed by atoms with E-state index < -0.39 is 10.1 Å². The van der Waals surface area contributed by atoms with Crippen molar-refractivity contribution < 1.29 is 26.9 Å². The van der Waals surface area contributed by atoms with Gasteiger partial charge in [-0.3, -0.25) is 4.79 Å². The van der Waals surface area contributed by atoms with Crippen LogP contribution in [0.1, 0.15) is 15.9 Å². The lowest BCUT2D eigenvalue weighted by Crippen LogP contribution is -2.33. The first-order chi connectivity index (χ1) is 15.9. The van der Waals surface area contributed by atoms with Crippen molar-refractivity contribution in [1.29, 1.82) is 0 Å². The van der Waals surface area contributed by atoms with Gasteiger partial charge in [0.05, 0.1) is 24.3 Å². The van der Waals surface area contributed by atoms with Gasteiger partial charge in [-0.1, -0.05) is 41.9 Å². The van der Waals surface area contributed by atoms with Gasteiger partial charge >= 0.3 is 10.1 Å². The Kier molecular flexibility index (Phi) is 8.32. The summed E-state index contributed by atoms with van der Waals surface area (Å²) >= 11 is 6.22. The maximum absolute atomic E-state index is 13.2. The van der Waals surface area contributed by atoms with Crippen LogP contribution in [0, 0.1) is 0 Å². The predicted octanol–water partition coefficient (Wildman–Crippen LogP) is 4.41. The van der Waals surface area contributed by atoms with Crippen molar-refractivity contribution in [2.45, 2.75) is 11.4 Å². The van der Waals surface area contributed by atoms with Gasteiger partial charge in [0.25, 0.3) is 5.91 Å². The highest BCUT2D eigenvalue weighted by Crippen LogP contribution is 2.26. The van der Waals surface area contributed by atoms with E-state index in [9.17, 15) is 13.2 Å². The summed E-state index contributed by atoms with van der Waals surface area (Å²) in [4.78, 5) is 14.7. The molecule has 0 unspecified atom stereocenters. The third-order valence-corrected chi connectivity index (χ3v) is 6.42. The average molecular weight is 490 g/mol. The number of rotatable bonds is 10. The minimum absolute atomic E-state index is 0.0125. The van der Waals surface area contributed by atoms with Crippen LogP contribution in [-0.2, 0) is 21.4 Å². The van der Waals surface area contributed by atoms with Crippen molar-refractivity contribution in [2.75, 3.05) is 27.4 Å². The summed E-state index contributed by atoms with van der Waals surface area (Å²) < 4.78 is 41.3. The number of nitrogens with zero attached hydrogens (tertiary/aromatic N) is 1. The van der Waals surface area contributed by atoms with E-state index in [1.54, 1.807) is 48.5 Å². The van der Waals surface area contributed by atoms with Crippen molar-refractivity contribution in [2.24, 2.45) is 0 Å². The molecule has 0 aromatic heterocycles. The smallest absolute Gasteiger partial charge is 0.339 e. The van der Waals surface area contributed by atoms with Crippen molar-refractivity contribution in [3.8, 4) is 11.5 Å². The van der Waals surface area contributed by atoms with Crippen LogP contribution in [0.3, 0.4) is 0 Å². The van der Waals surface area contributed by atoms with Crippen molar-refractivity contribution in [3.63, 3.8) is 0 Å². The molecule has 0 radical (unpaired) electrons. The zero-order valence-electron chi connectivity index (χ0n) is 18.2. The lowest BCUT2D eigenvalue weighted by atomic mass is 10.1. The molecule has 3 aromatic carbocycles. The number of hydrogen-bond acceptors (Lipinski definition) is 6. The van der Waals surface area contributed by atoms with E-state index in [4.69, 9.17) is 25.3 Å². The third kappa shape index (κ3) is 6.25. The Labute approximate surface area is 198 Å². The van der Waals surface area contributed by atoms with Gasteiger partial charge in [-0.05, 0) is 42.5 Å². The van der Waals surface area contributed by atoms with Crippen LogP contribution in [0.5, 0.6) is 11.5 Å². The number of ether oxygens (including phenoxy) is 2. The lowest BCUT2D eigenvalue weighted by molar-refractivity contribution is 0.0680. The first kappa shape index (κ1) is 24.6. The van der Waals surface area contributed by atoms with E-state index in [0.717, 1.165) is 0 Å². The summed E-state index contributed by atoms with van der Waals surface area (Å²) in [5.41, 5.74) is 0.866. The fourth-order valence-corrected chi connectivity index (χ4v) is 4.27. The molecule has 0 saturated heterocycles. The topological polar surface area (TPSA) is 82.1 Å². The fourth-order valence-electron chi connectivity index (χ4n) is 3.09. The Bertz CT molecular complexity index is 1200. The maximum atomic E-state index is 13.2. The predicted molar refractivity (Wildman–Crippen MR) is 125 cm³/mol. The Morgan fingerprint density at radius 1 is 0.939 bits per heavy atom. The summed E-state index contributed by atoms with van der Waals surface area (Å²) in [6, 6.07) is 19.3. The van der Waals surface area contributed by atoms with Gasteiger partial charge in [0, 0.05) is 25.8 Å². The van der Waals surface area contributed by atoms with Crippen LogP contribution in [0.25, 0.3) is 0 Å². The summed E-state index contributed by atoms with van der Waals surface area (Å²) in [7, 11) is -1.06. The highest BCUT2D eigenvalue weighted by atomic mass is 35.5. The quantitative estimate of drug-likeness (QED) is 0.392. The molecule has 0 aliphatic rings. The molecule has 9 heteroatoms. The van der Waals surface area contributed by atoms with Crippen LogP contribution in [0.4, 0.5) is 0 Å². The van der Waals surface area contributed by atoms with E-state index in [1.165, 1.54) is 43.4 Å². The van der Waals surface area contributed by atoms with Gasteiger partial charge in [0.15, 0.2) is 0 Å². The second-order valence-corrected chi connectivity index (χ2v) is 8.97. The van der Waals surface area contributed by atoms with Crippen LogP contribution >= 0.6 is 11.6 Å². The van der Waals surface area contributed by atoms with E-state index >= 15 is 0 Å². The summed E-state index contributed by atoms with van der Waals surface area (Å²) in [6.45, 7) is 0.672. The first-order valence-corrected chi connectivity index (χ1v) is 11.8. The number of carbonyl (C=O) groups is 1. The molecular formula is C24H24ClNO6S. The minimum Gasteiger partial charge on any atom is -0.497 e. The first-order valence-electron chi connectivity index (χ1n) is 10.0. The minimum atomic E-state index is -4.10. The molecule has 0 aliphatic heterocycles. The molecule has 174 valence electrons. The third-order valence-electron chi connectivity index (χ3n) is 4.84. The Morgan fingerprint density at radius 3 is 2.27 bits per heavy atom. The van der Waals surface area contributed by atoms with Crippen LogP contribution in [0.15, 0.2) is 77.7 Å². The Hall–Kier alpha value is -3.07. The molecule has 0 bridgehead atoms. The van der Waals surface area contributed by atoms with Gasteiger partial charge in [-0.15, -0.1) is 0 Å². The largest absolute Gasteiger partial charge is 0.497 e. The number of halogens is 1. The molecule has 3 rings (SSSR count). The summed E-state index contributed by atoms with van der Waals surface area (Å²) in [5, 5.41) is 0.330. The number of carbonyl (C=O) groups excluding carboxylic acids is 1. The van der Waals surface area contributed by atoms with Crippen LogP contribution < -0.4 is 8.92 Å². The zero-order chi connectivity index (χ0) is 23.8. The zero-order valence-corrected chi connectivity index (χ0v) is 19.8. The molecule has 1 amide bonds. The molecule has 0 atom stereocenters. The molecule has 0 fully saturated rings. The number of amides is 1. The molecule has 0 spiro atoms. The maximum Gasteiger partial charge on any atom is 0.339 e. The monoisotopic (exact) mass is 489 g/mol. The molecule has 0 aliphatic carbocycles. The second kappa shape index (κ2) is 11.2. The second-order valence-electron chi connectivity index (χ2n) is 7.02. The number of benzene rings is 3. The molecule has 3 aromatic rings. The van der Waals surface area contributed by atoms with E-state index in [1.807, 2.05) is 0 Å². The van der Waals surface area contributed by atoms with Gasteiger partial charge in [0.1, 0.15) is 16.4 Å². The highest BCUT2D eigenvalue weighted by molar-refractivity contribution is 7.87. The SMILES string of the molecule is COCCN(Cc1ccccc1OS(=O)(=O)c1ccc(OC)cc1)C(=O)c1ccccc1Cl. The number of methoxy groups -OCH3 is 2. The molecule has 0 saturated carbocycles. The van der Waals surface area contributed by atoms with Crippen LogP contribution in [-0.4, -0.2) is 46.6 Å². The normalized spacial score (nSPS) is 11.1. The number of hydrogen-bond donors (Lipinski definition) is 0. The summed E-state index contributed by atoms with van der Waals surface area (Å²) in [5.74, 6) is 0.356. The molecular weight excluding hydrogens is 466 g/mol. The van der Waals surface area contributed by atoms with Gasteiger partial charge in [-0.25, -0.2) is 0 Å². The van der Waals surface area contributed by atoms with Gasteiger partial charge < -0.3 is 18.6 Å². The molecule has 0 heterocycles. The average Bonchev–Trinajstić information content (AvgIpc) is 2.82.